The zero-order valence-electron chi connectivity index (χ0n) is 13.7. The summed E-state index contributed by atoms with van der Waals surface area (Å²) in [5.41, 5.74) is 2.07. The Hall–Kier alpha value is -1.60. The smallest absolute Gasteiger partial charge is 0.319 e. The first-order valence-electron chi connectivity index (χ1n) is 7.98. The molecule has 2 heterocycles. The molecule has 2 amide bonds. The molecule has 1 saturated heterocycles. The Morgan fingerprint density at radius 2 is 1.78 bits per heavy atom. The molecule has 7 heteroatoms. The Bertz CT molecular complexity index is 709. The summed E-state index contributed by atoms with van der Waals surface area (Å²) in [7, 11) is 0.0498. The molecule has 6 nitrogen and oxygen atoms in total. The van der Waals surface area contributed by atoms with Gasteiger partial charge in [0.15, 0.2) is 0 Å². The van der Waals surface area contributed by atoms with Gasteiger partial charge in [-0.3, -0.25) is 0 Å². The fourth-order valence-electron chi connectivity index (χ4n) is 3.22. The molecule has 0 N–H and O–H groups in total. The topological polar surface area (TPSA) is 60.9 Å². The minimum absolute atomic E-state index is 0.0385. The molecule has 1 aromatic carbocycles. The van der Waals surface area contributed by atoms with Crippen LogP contribution in [0.25, 0.3) is 0 Å². The number of fused-ring (bicyclic) bond motifs is 1. The van der Waals surface area contributed by atoms with Crippen molar-refractivity contribution in [3.63, 3.8) is 0 Å². The molecule has 0 bridgehead atoms. The molecular weight excluding hydrogens is 314 g/mol. The Morgan fingerprint density at radius 3 is 2.43 bits per heavy atom. The van der Waals surface area contributed by atoms with E-state index in [4.69, 9.17) is 0 Å². The molecule has 0 aromatic heterocycles. The van der Waals surface area contributed by atoms with Crippen molar-refractivity contribution in [3.05, 3.63) is 29.3 Å². The summed E-state index contributed by atoms with van der Waals surface area (Å²) in [4.78, 5) is 15.8. The number of nitrogens with zero attached hydrogens (tertiary/aromatic N) is 3. The SMILES string of the molecule is CN(C)C(=O)N1CCc2ccc(S(=O)(=O)N3CCCC3)cc2C1. The van der Waals surface area contributed by atoms with Gasteiger partial charge in [-0.2, -0.15) is 4.31 Å². The maximum Gasteiger partial charge on any atom is 0.319 e. The third-order valence-corrected chi connectivity index (χ3v) is 6.44. The number of rotatable bonds is 2. The van der Waals surface area contributed by atoms with Crippen LogP contribution in [0, 0.1) is 0 Å². The van der Waals surface area contributed by atoms with Gasteiger partial charge < -0.3 is 9.80 Å². The normalized spacial score (nSPS) is 18.8. The van der Waals surface area contributed by atoms with Crippen molar-refractivity contribution >= 4 is 16.1 Å². The third kappa shape index (κ3) is 3.07. The Labute approximate surface area is 137 Å². The van der Waals surface area contributed by atoms with Gasteiger partial charge in [0, 0.05) is 40.3 Å². The second-order valence-electron chi connectivity index (χ2n) is 6.39. The minimum atomic E-state index is -3.41. The number of benzene rings is 1. The molecule has 0 spiro atoms. The largest absolute Gasteiger partial charge is 0.331 e. The lowest BCUT2D eigenvalue weighted by atomic mass is 10.0. The predicted octanol–water partition coefficient (Wildman–Crippen LogP) is 1.51. The van der Waals surface area contributed by atoms with Gasteiger partial charge in [0.05, 0.1) is 4.90 Å². The molecule has 0 saturated carbocycles. The predicted molar refractivity (Wildman–Crippen MR) is 87.6 cm³/mol. The Balaban J connectivity index is 1.87. The van der Waals surface area contributed by atoms with E-state index < -0.39 is 10.0 Å². The van der Waals surface area contributed by atoms with Crippen molar-refractivity contribution in [3.8, 4) is 0 Å². The summed E-state index contributed by atoms with van der Waals surface area (Å²) < 4.78 is 26.9. The maximum absolute atomic E-state index is 12.7. The molecule has 1 fully saturated rings. The van der Waals surface area contributed by atoms with E-state index in [-0.39, 0.29) is 6.03 Å². The van der Waals surface area contributed by atoms with Crippen LogP contribution in [0.5, 0.6) is 0 Å². The summed E-state index contributed by atoms with van der Waals surface area (Å²) in [6, 6.07) is 5.31. The number of carbonyl (C=O) groups is 1. The molecule has 0 radical (unpaired) electrons. The van der Waals surface area contributed by atoms with Gasteiger partial charge in [-0.1, -0.05) is 6.07 Å². The highest BCUT2D eigenvalue weighted by Crippen LogP contribution is 2.26. The lowest BCUT2D eigenvalue weighted by Gasteiger charge is -2.31. The number of hydrogen-bond donors (Lipinski definition) is 0. The Kier molecular flexibility index (Phi) is 4.33. The second kappa shape index (κ2) is 6.13. The van der Waals surface area contributed by atoms with Crippen molar-refractivity contribution in [1.82, 2.24) is 14.1 Å². The first kappa shape index (κ1) is 16.3. The number of hydrogen-bond acceptors (Lipinski definition) is 3. The fraction of sp³-hybridized carbons (Fsp3) is 0.562. The fourth-order valence-corrected chi connectivity index (χ4v) is 4.79. The zero-order chi connectivity index (χ0) is 16.6. The average molecular weight is 337 g/mol. The van der Waals surface area contributed by atoms with E-state index >= 15 is 0 Å². The van der Waals surface area contributed by atoms with Gasteiger partial charge >= 0.3 is 6.03 Å². The van der Waals surface area contributed by atoms with Crippen molar-refractivity contribution in [2.75, 3.05) is 33.7 Å². The molecule has 3 rings (SSSR count). The first-order valence-corrected chi connectivity index (χ1v) is 9.42. The number of sulfonamides is 1. The van der Waals surface area contributed by atoms with E-state index in [9.17, 15) is 13.2 Å². The van der Waals surface area contributed by atoms with Crippen molar-refractivity contribution in [2.45, 2.75) is 30.7 Å². The van der Waals surface area contributed by atoms with E-state index in [0.29, 0.717) is 31.1 Å². The van der Waals surface area contributed by atoms with Crippen molar-refractivity contribution in [1.29, 1.82) is 0 Å². The van der Waals surface area contributed by atoms with Crippen LogP contribution in [0.1, 0.15) is 24.0 Å². The average Bonchev–Trinajstić information content (AvgIpc) is 3.08. The maximum atomic E-state index is 12.7. The summed E-state index contributed by atoms with van der Waals surface area (Å²) in [5.74, 6) is 0. The first-order chi connectivity index (χ1) is 10.9. The quantitative estimate of drug-likeness (QED) is 0.822. The molecule has 0 atom stereocenters. The van der Waals surface area contributed by atoms with Crippen LogP contribution in [0.2, 0.25) is 0 Å². The van der Waals surface area contributed by atoms with Gasteiger partial charge in [-0.05, 0) is 42.5 Å². The van der Waals surface area contributed by atoms with Gasteiger partial charge in [0.1, 0.15) is 0 Å². The highest BCUT2D eigenvalue weighted by Gasteiger charge is 2.29. The molecule has 0 unspecified atom stereocenters. The number of urea groups is 1. The summed E-state index contributed by atoms with van der Waals surface area (Å²) in [6.07, 6.45) is 2.61. The van der Waals surface area contributed by atoms with E-state index in [1.54, 1.807) is 40.3 Å². The summed E-state index contributed by atoms with van der Waals surface area (Å²) in [5, 5.41) is 0. The number of amides is 2. The van der Waals surface area contributed by atoms with Crippen molar-refractivity contribution in [2.24, 2.45) is 0 Å². The van der Waals surface area contributed by atoms with Crippen LogP contribution in [-0.2, 0) is 23.0 Å². The van der Waals surface area contributed by atoms with Crippen molar-refractivity contribution < 1.29 is 13.2 Å². The highest BCUT2D eigenvalue weighted by atomic mass is 32.2. The molecule has 1 aromatic rings. The molecular formula is C16H23N3O3S. The van der Waals surface area contributed by atoms with Crippen LogP contribution < -0.4 is 0 Å². The molecule has 2 aliphatic rings. The highest BCUT2D eigenvalue weighted by molar-refractivity contribution is 7.89. The van der Waals surface area contributed by atoms with Crippen LogP contribution >= 0.6 is 0 Å². The minimum Gasteiger partial charge on any atom is -0.331 e. The monoisotopic (exact) mass is 337 g/mol. The van der Waals surface area contributed by atoms with Gasteiger partial charge in [0.25, 0.3) is 0 Å². The second-order valence-corrected chi connectivity index (χ2v) is 8.33. The molecule has 126 valence electrons. The van der Waals surface area contributed by atoms with Gasteiger partial charge in [0.2, 0.25) is 10.0 Å². The zero-order valence-corrected chi connectivity index (χ0v) is 14.5. The van der Waals surface area contributed by atoms with Crippen LogP contribution in [0.4, 0.5) is 4.79 Å². The van der Waals surface area contributed by atoms with Crippen LogP contribution in [-0.4, -0.2) is 62.3 Å². The van der Waals surface area contributed by atoms with Gasteiger partial charge in [-0.15, -0.1) is 0 Å². The van der Waals surface area contributed by atoms with Crippen LogP contribution in [0.3, 0.4) is 0 Å². The van der Waals surface area contributed by atoms with Gasteiger partial charge in [-0.25, -0.2) is 13.2 Å². The Morgan fingerprint density at radius 1 is 1.09 bits per heavy atom. The van der Waals surface area contributed by atoms with E-state index in [1.165, 1.54) is 0 Å². The van der Waals surface area contributed by atoms with E-state index in [2.05, 4.69) is 0 Å². The molecule has 2 aliphatic heterocycles. The third-order valence-electron chi connectivity index (χ3n) is 4.55. The number of carbonyl (C=O) groups excluding carboxylic acids is 1. The summed E-state index contributed by atoms with van der Waals surface area (Å²) >= 11 is 0. The summed E-state index contributed by atoms with van der Waals surface area (Å²) in [6.45, 7) is 2.34. The lowest BCUT2D eigenvalue weighted by molar-refractivity contribution is 0.165. The standard InChI is InChI=1S/C16H23N3O3S/c1-17(2)16(20)18-10-7-13-5-6-15(11-14(13)12-18)23(21,22)19-8-3-4-9-19/h5-6,11H,3-4,7-10,12H2,1-2H3. The van der Waals surface area contributed by atoms with E-state index in [0.717, 1.165) is 30.4 Å². The molecule has 23 heavy (non-hydrogen) atoms. The lowest BCUT2D eigenvalue weighted by Crippen LogP contribution is -2.42. The van der Waals surface area contributed by atoms with E-state index in [1.807, 2.05) is 6.07 Å². The van der Waals surface area contributed by atoms with Crippen LogP contribution in [0.15, 0.2) is 23.1 Å². The molecule has 0 aliphatic carbocycles.